The lowest BCUT2D eigenvalue weighted by molar-refractivity contribution is -0.140. The fourth-order valence-electron chi connectivity index (χ4n) is 12.1. The van der Waals surface area contributed by atoms with Crippen LogP contribution in [0.4, 0.5) is 22.7 Å². The van der Waals surface area contributed by atoms with Gasteiger partial charge < -0.3 is 24.7 Å². The maximum Gasteiger partial charge on any atom is 0.323 e. The molecule has 15 nitrogen and oxygen atoms in total. The van der Waals surface area contributed by atoms with Gasteiger partial charge in [0.15, 0.2) is 0 Å². The molecule has 2 saturated carbocycles. The van der Waals surface area contributed by atoms with E-state index in [0.29, 0.717) is 60.3 Å². The van der Waals surface area contributed by atoms with E-state index in [-0.39, 0.29) is 37.0 Å². The molecule has 4 atom stereocenters. The summed E-state index contributed by atoms with van der Waals surface area (Å²) in [6.45, 7) is 5.66. The number of carboxylic acid groups (broad SMARTS) is 2. The van der Waals surface area contributed by atoms with Crippen molar-refractivity contribution in [3.63, 3.8) is 0 Å². The van der Waals surface area contributed by atoms with E-state index in [9.17, 15) is 33.9 Å². The molecule has 2 N–H and O–H groups in total. The maximum absolute atomic E-state index is 13.5. The number of aromatic nitrogens is 2. The minimum atomic E-state index is -1.15. The third-order valence-corrected chi connectivity index (χ3v) is 20.6. The molecule has 4 fully saturated rings. The number of amides is 2. The number of thiocarbonyl (C=S) groups is 2. The Morgan fingerprint density at radius 3 is 1.63 bits per heavy atom. The smallest absolute Gasteiger partial charge is 0.323 e. The van der Waals surface area contributed by atoms with E-state index in [1.54, 1.807) is 22.1 Å². The van der Waals surface area contributed by atoms with Gasteiger partial charge in [0.05, 0.1) is 15.7 Å². The number of rotatable bonds is 13. The number of fused-ring (bicyclic) bond motifs is 6. The summed E-state index contributed by atoms with van der Waals surface area (Å²) in [6, 6.07) is 34.9. The van der Waals surface area contributed by atoms with Gasteiger partial charge in [-0.1, -0.05) is 109 Å². The number of thiazole rings is 2. The Kier molecular flexibility index (Phi) is 16.3. The number of carbonyl (C=O) groups excluding carboxylic acids is 2. The average Bonchev–Trinajstić information content (AvgIpc) is 4.56. The third kappa shape index (κ3) is 10.7. The second kappa shape index (κ2) is 23.5. The van der Waals surface area contributed by atoms with Crippen LogP contribution in [0.25, 0.3) is 23.1 Å². The molecule has 81 heavy (non-hydrogen) atoms. The Bertz CT molecular complexity index is 4000. The molecule has 2 aliphatic carbocycles. The molecule has 0 spiro atoms. The first-order chi connectivity index (χ1) is 39.2. The van der Waals surface area contributed by atoms with Gasteiger partial charge in [-0.25, -0.2) is 0 Å². The van der Waals surface area contributed by atoms with Crippen molar-refractivity contribution in [2.75, 3.05) is 29.5 Å². The Labute approximate surface area is 493 Å². The largest absolute Gasteiger partial charge is 0.492 e. The Hall–Kier alpha value is -6.88. The zero-order chi connectivity index (χ0) is 56.8. The summed E-state index contributed by atoms with van der Waals surface area (Å²) in [5.41, 5.74) is 9.21. The highest BCUT2D eigenvalue weighted by Gasteiger charge is 2.44. The van der Waals surface area contributed by atoms with Crippen molar-refractivity contribution < 1.29 is 34.1 Å². The van der Waals surface area contributed by atoms with Gasteiger partial charge in [-0.3, -0.25) is 47.7 Å². The molecule has 2 saturated heterocycles. The number of carboxylic acids is 2. The Balaban J connectivity index is 0.000000172. The minimum Gasteiger partial charge on any atom is -0.492 e. The van der Waals surface area contributed by atoms with Crippen molar-refractivity contribution >= 4 is 149 Å². The Morgan fingerprint density at radius 1 is 0.630 bits per heavy atom. The SMILES string of the molecule is CCO/C(C=c1s/c(=C\c2ccc3c(c2)C2CCCC2N3c2ccccc2)c(=O)n1CC)=C1\SC(=S)N(CC(=O)O)C1=O.CCn1c(=O)/c(=C/c2ccc3c(c2)C2CCCC2N3c2ccccc2)s/c1=C1\SC(=S)N(CC(=O)O)C1=O. The van der Waals surface area contributed by atoms with Crippen molar-refractivity contribution in [3.8, 4) is 0 Å². The number of aliphatic carboxylic acids is 2. The van der Waals surface area contributed by atoms with Crippen LogP contribution < -0.4 is 39.3 Å². The summed E-state index contributed by atoms with van der Waals surface area (Å²) in [4.78, 5) is 82.9. The van der Waals surface area contributed by atoms with Crippen molar-refractivity contribution in [2.45, 2.75) is 96.3 Å². The van der Waals surface area contributed by atoms with Gasteiger partial charge in [-0.05, 0) is 129 Å². The van der Waals surface area contributed by atoms with E-state index in [0.717, 1.165) is 70.1 Å². The number of thioether (sulfide) groups is 2. The minimum absolute atomic E-state index is 0.113. The van der Waals surface area contributed by atoms with E-state index in [1.165, 1.54) is 69.4 Å². The van der Waals surface area contributed by atoms with Crippen LogP contribution in [-0.2, 0) is 37.0 Å². The van der Waals surface area contributed by atoms with Gasteiger partial charge in [-0.2, -0.15) is 0 Å². The van der Waals surface area contributed by atoms with Crippen molar-refractivity contribution in [3.05, 3.63) is 169 Å². The van der Waals surface area contributed by atoms with Crippen LogP contribution in [0.2, 0.25) is 0 Å². The fraction of sp³-hybridized carbons (Fsp3) is 0.300. The maximum atomic E-state index is 13.5. The number of para-hydroxylation sites is 2. The van der Waals surface area contributed by atoms with E-state index >= 15 is 0 Å². The summed E-state index contributed by atoms with van der Waals surface area (Å²) in [5.74, 6) is -2.07. The predicted octanol–water partition coefficient (Wildman–Crippen LogP) is 8.12. The zero-order valence-corrected chi connectivity index (χ0v) is 49.3. The van der Waals surface area contributed by atoms with Crippen molar-refractivity contribution in [2.24, 2.45) is 0 Å². The predicted molar refractivity (Wildman–Crippen MR) is 331 cm³/mol. The Morgan fingerprint density at radius 2 is 1.12 bits per heavy atom. The van der Waals surface area contributed by atoms with Crippen molar-refractivity contribution in [1.29, 1.82) is 0 Å². The molecule has 4 unspecified atom stereocenters. The number of ether oxygens (including phenoxy) is 1. The first-order valence-electron chi connectivity index (χ1n) is 26.9. The quantitative estimate of drug-likeness (QED) is 0.0644. The van der Waals surface area contributed by atoms with Crippen LogP contribution in [0.1, 0.15) is 93.4 Å². The van der Waals surface area contributed by atoms with Gasteiger partial charge in [-0.15, -0.1) is 22.7 Å². The first kappa shape index (κ1) is 56.0. The molecule has 4 aliphatic heterocycles. The lowest BCUT2D eigenvalue weighted by Gasteiger charge is -2.27. The van der Waals surface area contributed by atoms with Gasteiger partial charge in [0.2, 0.25) is 0 Å². The summed E-state index contributed by atoms with van der Waals surface area (Å²) in [6.07, 6.45) is 12.6. The highest BCUT2D eigenvalue weighted by atomic mass is 32.2. The molecule has 21 heteroatoms. The molecule has 6 heterocycles. The fourth-order valence-corrected chi connectivity index (χ4v) is 17.0. The number of anilines is 4. The number of hydrogen-bond acceptors (Lipinski definition) is 15. The van der Waals surface area contributed by atoms with Gasteiger partial charge in [0.25, 0.3) is 22.9 Å². The monoisotopic (exact) mass is 1200 g/mol. The number of allylic oxidation sites excluding steroid dienone is 1. The summed E-state index contributed by atoms with van der Waals surface area (Å²) >= 11 is 15.2. The highest BCUT2D eigenvalue weighted by molar-refractivity contribution is 8.30. The van der Waals surface area contributed by atoms with Crippen molar-refractivity contribution in [1.82, 2.24) is 18.9 Å². The van der Waals surface area contributed by atoms with Crippen LogP contribution in [0, 0.1) is 0 Å². The third-order valence-electron chi connectivity index (χ3n) is 15.4. The molecular formula is C60H56N6O9S6. The van der Waals surface area contributed by atoms with Crippen LogP contribution >= 0.6 is 70.6 Å². The van der Waals surface area contributed by atoms with Crippen LogP contribution in [0.5, 0.6) is 0 Å². The second-order valence-electron chi connectivity index (χ2n) is 20.1. The molecule has 12 rings (SSSR count). The molecule has 6 aliphatic rings. The topological polar surface area (TPSA) is 175 Å². The molecule has 416 valence electrons. The summed E-state index contributed by atoms with van der Waals surface area (Å²) in [5, 5.41) is 18.3. The standard InChI is InChI=1S/C32H31N3O5S3.C28H25N3O4S3/c1-3-33-27(17-25(40-4-2)29-31(39)34(18-28(36)37)32(41)43-29)42-26(30(33)38)16-19-13-14-24-22(15-19)21-11-8-12-23(21)35(24)20-9-6-5-7-10-20;1-2-29-25(34)22(37-27(29)24-26(35)30(15-23(32)33)28(36)38-24)14-16-11-12-21-19(13-16)18-9-6-10-20(18)31(21)17-7-4-3-5-8-17/h5-7,9-10,13-17,21,23H,3-4,8,11-12,18H2,1-2H3,(H,36,37);3-5,7-8,11-14,18,20H,2,6,9-10,15H2,1H3,(H,32,33)/b26-16-,27-17?,29-25-;22-14-,27-24-. The lowest BCUT2D eigenvalue weighted by atomic mass is 9.96. The molecule has 2 amide bonds. The van der Waals surface area contributed by atoms with Gasteiger partial charge >= 0.3 is 11.9 Å². The van der Waals surface area contributed by atoms with Gasteiger partial charge in [0, 0.05) is 65.8 Å². The number of carbonyl (C=O) groups is 4. The molecule has 0 radical (unpaired) electrons. The number of hydrogen-bond donors (Lipinski definition) is 2. The average molecular weight is 1200 g/mol. The normalized spacial score (nSPS) is 21.9. The molecule has 0 bridgehead atoms. The molecule has 4 aromatic carbocycles. The first-order valence-corrected chi connectivity index (χ1v) is 31.0. The highest BCUT2D eigenvalue weighted by Crippen LogP contribution is 2.54. The van der Waals surface area contributed by atoms with Crippen LogP contribution in [-0.4, -0.2) is 93.3 Å². The number of benzene rings is 4. The van der Waals surface area contributed by atoms with Crippen LogP contribution in [0.15, 0.2) is 117 Å². The lowest BCUT2D eigenvalue weighted by Crippen LogP contribution is -2.35. The van der Waals surface area contributed by atoms with E-state index in [4.69, 9.17) is 34.3 Å². The van der Waals surface area contributed by atoms with Crippen LogP contribution in [0.3, 0.4) is 0 Å². The molecular weight excluding hydrogens is 1140 g/mol. The van der Waals surface area contributed by atoms with E-state index in [2.05, 4.69) is 94.7 Å². The molecule has 6 aromatic rings. The van der Waals surface area contributed by atoms with Gasteiger partial charge in [0.1, 0.15) is 46.6 Å². The van der Waals surface area contributed by atoms with E-state index in [1.807, 2.05) is 38.1 Å². The number of nitrogens with zero attached hydrogens (tertiary/aromatic N) is 6. The van der Waals surface area contributed by atoms with E-state index < -0.39 is 36.8 Å². The second-order valence-corrected chi connectivity index (χ2v) is 25.5. The summed E-state index contributed by atoms with van der Waals surface area (Å²) in [7, 11) is 0. The molecule has 2 aromatic heterocycles. The summed E-state index contributed by atoms with van der Waals surface area (Å²) < 4.78 is 11.7. The zero-order valence-electron chi connectivity index (χ0n) is 44.4.